The number of carbonyl (C=O) groups excluding carboxylic acids is 1. The van der Waals surface area contributed by atoms with E-state index in [0.717, 1.165) is 37.9 Å². The summed E-state index contributed by atoms with van der Waals surface area (Å²) in [7, 11) is 0. The molecule has 0 atom stereocenters. The van der Waals surface area contributed by atoms with E-state index in [4.69, 9.17) is 15.0 Å². The van der Waals surface area contributed by atoms with Crippen molar-refractivity contribution in [2.24, 2.45) is 5.73 Å². The van der Waals surface area contributed by atoms with Gasteiger partial charge in [0.15, 0.2) is 11.6 Å². The summed E-state index contributed by atoms with van der Waals surface area (Å²) < 4.78 is 10.8. The van der Waals surface area contributed by atoms with E-state index in [1.807, 2.05) is 12.1 Å². The number of hydrogen-bond donors (Lipinski definition) is 1. The molecule has 1 aromatic carbocycles. The van der Waals surface area contributed by atoms with Crippen LogP contribution in [0.25, 0.3) is 0 Å². The van der Waals surface area contributed by atoms with Crippen LogP contribution in [-0.4, -0.2) is 22.5 Å². The third-order valence-corrected chi connectivity index (χ3v) is 4.62. The van der Waals surface area contributed by atoms with Gasteiger partial charge in [-0.2, -0.15) is 4.98 Å². The zero-order chi connectivity index (χ0) is 17.7. The predicted molar refractivity (Wildman–Crippen MR) is 93.5 cm³/mol. The minimum absolute atomic E-state index is 0.0464. The highest BCUT2D eigenvalue weighted by atomic mass is 16.5. The Kier molecular flexibility index (Phi) is 5.48. The van der Waals surface area contributed by atoms with Crippen molar-refractivity contribution in [3.05, 3.63) is 41.5 Å². The maximum atomic E-state index is 12.3. The standard InChI is InChI=1S/C19H25N3O3/c1-2-13-24-15-7-5-14(6-8-15)16(23)9-10-17-21-18(22-25-17)19(20)11-3-4-12-19/h5-8H,2-4,9-13,20H2,1H3. The van der Waals surface area contributed by atoms with E-state index < -0.39 is 5.54 Å². The molecule has 1 saturated carbocycles. The van der Waals surface area contributed by atoms with Crippen LogP contribution in [0.5, 0.6) is 5.75 Å². The molecule has 2 N–H and O–H groups in total. The first-order valence-electron chi connectivity index (χ1n) is 8.99. The van der Waals surface area contributed by atoms with Crippen molar-refractivity contribution in [3.8, 4) is 5.75 Å². The number of carbonyl (C=O) groups is 1. The van der Waals surface area contributed by atoms with Crippen LogP contribution in [0.1, 0.15) is 67.5 Å². The fourth-order valence-corrected chi connectivity index (χ4v) is 3.11. The number of aryl methyl sites for hydroxylation is 1. The predicted octanol–water partition coefficient (Wildman–Crippen LogP) is 3.40. The summed E-state index contributed by atoms with van der Waals surface area (Å²) >= 11 is 0. The Balaban J connectivity index is 1.54. The quantitative estimate of drug-likeness (QED) is 0.739. The third kappa shape index (κ3) is 4.25. The van der Waals surface area contributed by atoms with Crippen LogP contribution in [-0.2, 0) is 12.0 Å². The molecule has 0 aliphatic heterocycles. The lowest BCUT2D eigenvalue weighted by Crippen LogP contribution is -2.34. The van der Waals surface area contributed by atoms with Gasteiger partial charge in [0.2, 0.25) is 5.89 Å². The first-order valence-corrected chi connectivity index (χ1v) is 8.99. The minimum atomic E-state index is -0.458. The molecule has 3 rings (SSSR count). The fourth-order valence-electron chi connectivity index (χ4n) is 3.11. The van der Waals surface area contributed by atoms with Crippen molar-refractivity contribution in [2.45, 2.75) is 57.4 Å². The van der Waals surface area contributed by atoms with Gasteiger partial charge >= 0.3 is 0 Å². The normalized spacial score (nSPS) is 16.1. The van der Waals surface area contributed by atoms with Crippen LogP contribution < -0.4 is 10.5 Å². The van der Waals surface area contributed by atoms with Gasteiger partial charge in [-0.05, 0) is 43.5 Å². The van der Waals surface area contributed by atoms with Crippen molar-refractivity contribution in [1.29, 1.82) is 0 Å². The Bertz CT molecular complexity index is 703. The maximum Gasteiger partial charge on any atom is 0.227 e. The lowest BCUT2D eigenvalue weighted by Gasteiger charge is -2.17. The second-order valence-corrected chi connectivity index (χ2v) is 6.67. The zero-order valence-corrected chi connectivity index (χ0v) is 14.7. The smallest absolute Gasteiger partial charge is 0.227 e. The average molecular weight is 343 g/mol. The van der Waals surface area contributed by atoms with Crippen LogP contribution >= 0.6 is 0 Å². The Hall–Kier alpha value is -2.21. The lowest BCUT2D eigenvalue weighted by molar-refractivity contribution is 0.0979. The first-order chi connectivity index (χ1) is 12.1. The molecule has 0 bridgehead atoms. The largest absolute Gasteiger partial charge is 0.494 e. The van der Waals surface area contributed by atoms with Crippen molar-refractivity contribution >= 4 is 5.78 Å². The molecule has 6 nitrogen and oxygen atoms in total. The van der Waals surface area contributed by atoms with E-state index in [0.29, 0.717) is 36.7 Å². The average Bonchev–Trinajstić information content (AvgIpc) is 3.28. The number of hydrogen-bond acceptors (Lipinski definition) is 6. The molecule has 0 unspecified atom stereocenters. The third-order valence-electron chi connectivity index (χ3n) is 4.62. The van der Waals surface area contributed by atoms with Crippen molar-refractivity contribution in [3.63, 3.8) is 0 Å². The van der Waals surface area contributed by atoms with Gasteiger partial charge < -0.3 is 15.0 Å². The number of benzene rings is 1. The number of ketones is 1. The molecule has 1 fully saturated rings. The first kappa shape index (κ1) is 17.6. The number of Topliss-reactive ketones (excluding diaryl/α,β-unsaturated/α-hetero) is 1. The van der Waals surface area contributed by atoms with E-state index >= 15 is 0 Å². The molecular formula is C19H25N3O3. The van der Waals surface area contributed by atoms with Gasteiger partial charge in [0, 0.05) is 18.4 Å². The van der Waals surface area contributed by atoms with E-state index in [1.54, 1.807) is 12.1 Å². The summed E-state index contributed by atoms with van der Waals surface area (Å²) in [5.74, 6) is 1.88. The SMILES string of the molecule is CCCOc1ccc(C(=O)CCc2nc(C3(N)CCCC3)no2)cc1. The molecule has 1 heterocycles. The number of rotatable bonds is 8. The summed E-state index contributed by atoms with van der Waals surface area (Å²) in [6.07, 6.45) is 5.67. The van der Waals surface area contributed by atoms with Crippen molar-refractivity contribution in [1.82, 2.24) is 10.1 Å². The number of ether oxygens (including phenoxy) is 1. The van der Waals surface area contributed by atoms with Gasteiger partial charge in [-0.1, -0.05) is 24.9 Å². The van der Waals surface area contributed by atoms with Gasteiger partial charge in [-0.25, -0.2) is 0 Å². The van der Waals surface area contributed by atoms with E-state index in [2.05, 4.69) is 17.1 Å². The topological polar surface area (TPSA) is 91.2 Å². The van der Waals surface area contributed by atoms with Gasteiger partial charge in [-0.15, -0.1) is 0 Å². The zero-order valence-electron chi connectivity index (χ0n) is 14.7. The highest BCUT2D eigenvalue weighted by molar-refractivity contribution is 5.96. The lowest BCUT2D eigenvalue weighted by atomic mass is 9.99. The van der Waals surface area contributed by atoms with Crippen LogP contribution in [0, 0.1) is 0 Å². The fraction of sp³-hybridized carbons (Fsp3) is 0.526. The summed E-state index contributed by atoms with van der Waals surface area (Å²) in [6.45, 7) is 2.73. The summed E-state index contributed by atoms with van der Waals surface area (Å²) in [5.41, 5.74) is 6.53. The highest BCUT2D eigenvalue weighted by Gasteiger charge is 2.35. The second kappa shape index (κ2) is 7.78. The maximum absolute atomic E-state index is 12.3. The molecule has 0 spiro atoms. The summed E-state index contributed by atoms with van der Waals surface area (Å²) in [5, 5.41) is 4.02. The van der Waals surface area contributed by atoms with Crippen molar-refractivity contribution < 1.29 is 14.1 Å². The van der Waals surface area contributed by atoms with Crippen LogP contribution in [0.3, 0.4) is 0 Å². The molecule has 134 valence electrons. The monoisotopic (exact) mass is 343 g/mol. The number of nitrogens with zero attached hydrogens (tertiary/aromatic N) is 2. The van der Waals surface area contributed by atoms with E-state index in [9.17, 15) is 4.79 Å². The van der Waals surface area contributed by atoms with Crippen LogP contribution in [0.15, 0.2) is 28.8 Å². The molecule has 6 heteroatoms. The molecule has 0 radical (unpaired) electrons. The summed E-state index contributed by atoms with van der Waals surface area (Å²) in [4.78, 5) is 16.7. The molecule has 1 aromatic heterocycles. The van der Waals surface area contributed by atoms with Gasteiger partial charge in [0.25, 0.3) is 0 Å². The Labute approximate surface area is 147 Å². The van der Waals surface area contributed by atoms with Gasteiger partial charge in [-0.3, -0.25) is 4.79 Å². The molecule has 0 amide bonds. The Morgan fingerprint density at radius 1 is 1.28 bits per heavy atom. The molecule has 1 aliphatic rings. The second-order valence-electron chi connectivity index (χ2n) is 6.67. The van der Waals surface area contributed by atoms with E-state index in [-0.39, 0.29) is 5.78 Å². The van der Waals surface area contributed by atoms with Gasteiger partial charge in [0.05, 0.1) is 12.1 Å². The Morgan fingerprint density at radius 3 is 2.68 bits per heavy atom. The minimum Gasteiger partial charge on any atom is -0.494 e. The highest BCUT2D eigenvalue weighted by Crippen LogP contribution is 2.34. The number of aromatic nitrogens is 2. The molecule has 0 saturated heterocycles. The van der Waals surface area contributed by atoms with Crippen LogP contribution in [0.4, 0.5) is 0 Å². The van der Waals surface area contributed by atoms with Crippen molar-refractivity contribution in [2.75, 3.05) is 6.61 Å². The summed E-state index contributed by atoms with van der Waals surface area (Å²) in [6, 6.07) is 7.23. The van der Waals surface area contributed by atoms with Gasteiger partial charge in [0.1, 0.15) is 5.75 Å². The molecule has 1 aliphatic carbocycles. The number of nitrogens with two attached hydrogens (primary N) is 1. The van der Waals surface area contributed by atoms with E-state index in [1.165, 1.54) is 0 Å². The molecule has 2 aromatic rings. The molecular weight excluding hydrogens is 318 g/mol. The van der Waals surface area contributed by atoms with Crippen LogP contribution in [0.2, 0.25) is 0 Å². The molecule has 25 heavy (non-hydrogen) atoms. The Morgan fingerprint density at radius 2 is 2.00 bits per heavy atom.